The van der Waals surface area contributed by atoms with E-state index in [1.165, 1.54) is 6.08 Å². The fourth-order valence-electron chi connectivity index (χ4n) is 5.82. The molecule has 0 radical (unpaired) electrons. The maximum Gasteiger partial charge on any atom is 0.296 e. The summed E-state index contributed by atoms with van der Waals surface area (Å²) >= 11 is 1.59. The number of amides is 3. The molecule has 7 N–H and O–H groups in total. The van der Waals surface area contributed by atoms with Crippen molar-refractivity contribution in [3.63, 3.8) is 0 Å². The van der Waals surface area contributed by atoms with Gasteiger partial charge in [0, 0.05) is 61.2 Å². The lowest BCUT2D eigenvalue weighted by Crippen LogP contribution is -2.26. The molecule has 0 fully saturated rings. The van der Waals surface area contributed by atoms with Crippen molar-refractivity contribution >= 4 is 57.8 Å². The Hall–Kier alpha value is -7.26. The number of anilines is 3. The van der Waals surface area contributed by atoms with Gasteiger partial charge in [-0.3, -0.25) is 14.4 Å². The molecule has 2 aromatic heterocycles. The SMILES string of the molecule is C=CC(=O)NCc1ccc(C(=O)Nc2ccccc2Oc2ccc(NCCOCCNC(=O)C#Cc3ccc(Cn4nnc5c(NCCN)nc(SCCC)nc54)cc3)cc2)cc1. The fourth-order valence-corrected chi connectivity index (χ4v) is 6.51. The van der Waals surface area contributed by atoms with Crippen LogP contribution in [0.25, 0.3) is 11.2 Å². The van der Waals surface area contributed by atoms with Gasteiger partial charge in [-0.2, -0.15) is 0 Å². The third-order valence-electron chi connectivity index (χ3n) is 9.01. The second kappa shape index (κ2) is 23.7. The minimum absolute atomic E-state index is 0.265. The molecule has 0 aliphatic heterocycles. The lowest BCUT2D eigenvalue weighted by atomic mass is 10.1. The first-order valence-electron chi connectivity index (χ1n) is 20.4. The molecule has 0 aliphatic carbocycles. The molecule has 0 spiro atoms. The zero-order valence-electron chi connectivity index (χ0n) is 34.9. The third-order valence-corrected chi connectivity index (χ3v) is 10.1. The van der Waals surface area contributed by atoms with Gasteiger partial charge in [-0.1, -0.05) is 72.8 Å². The van der Waals surface area contributed by atoms with Gasteiger partial charge in [0.2, 0.25) is 5.91 Å². The largest absolute Gasteiger partial charge is 0.455 e. The van der Waals surface area contributed by atoms with E-state index in [9.17, 15) is 14.4 Å². The number of carbonyl (C=O) groups excluding carboxylic acids is 3. The molecule has 0 saturated carbocycles. The van der Waals surface area contributed by atoms with Gasteiger partial charge in [0.15, 0.2) is 27.9 Å². The summed E-state index contributed by atoms with van der Waals surface area (Å²) in [6.07, 6.45) is 2.21. The molecule has 6 aromatic rings. The van der Waals surface area contributed by atoms with Crippen LogP contribution in [0, 0.1) is 11.8 Å². The van der Waals surface area contributed by atoms with Crippen LogP contribution in [-0.4, -0.2) is 87.8 Å². The third kappa shape index (κ3) is 13.9. The van der Waals surface area contributed by atoms with Crippen LogP contribution >= 0.6 is 11.8 Å². The average Bonchev–Trinajstić information content (AvgIpc) is 3.72. The van der Waals surface area contributed by atoms with Crippen molar-refractivity contribution in [2.24, 2.45) is 5.73 Å². The van der Waals surface area contributed by atoms with Crippen molar-refractivity contribution in [1.29, 1.82) is 0 Å². The van der Waals surface area contributed by atoms with Crippen LogP contribution in [0.5, 0.6) is 11.5 Å². The Bertz CT molecular complexity index is 2540. The van der Waals surface area contributed by atoms with E-state index >= 15 is 0 Å². The molecule has 2 heterocycles. The second-order valence-electron chi connectivity index (χ2n) is 13.8. The summed E-state index contributed by atoms with van der Waals surface area (Å²) in [6.45, 7) is 8.99. The van der Waals surface area contributed by atoms with Gasteiger partial charge < -0.3 is 41.8 Å². The molecule has 0 aliphatic rings. The fraction of sp³-hybridized carbons (Fsp3) is 0.239. The number of carbonyl (C=O) groups is 3. The highest BCUT2D eigenvalue weighted by molar-refractivity contribution is 7.99. The Labute approximate surface area is 369 Å². The van der Waals surface area contributed by atoms with E-state index in [2.05, 4.69) is 67.2 Å². The number of nitrogens with two attached hydrogens (primary N) is 1. The summed E-state index contributed by atoms with van der Waals surface area (Å²) in [5.41, 5.74) is 11.3. The van der Waals surface area contributed by atoms with E-state index < -0.39 is 5.91 Å². The van der Waals surface area contributed by atoms with Crippen LogP contribution in [0.2, 0.25) is 0 Å². The van der Waals surface area contributed by atoms with Crippen LogP contribution in [0.15, 0.2) is 115 Å². The van der Waals surface area contributed by atoms with Crippen molar-refractivity contribution in [1.82, 2.24) is 35.6 Å². The molecule has 0 bridgehead atoms. The molecular weight excluding hydrogens is 819 g/mol. The summed E-state index contributed by atoms with van der Waals surface area (Å²) in [5.74, 6) is 7.20. The second-order valence-corrected chi connectivity index (χ2v) is 14.8. The normalized spacial score (nSPS) is 10.6. The number of aromatic nitrogens is 5. The Kier molecular flexibility index (Phi) is 17.0. The first-order chi connectivity index (χ1) is 30.8. The molecule has 0 saturated heterocycles. The lowest BCUT2D eigenvalue weighted by molar-refractivity contribution is -0.117. The Morgan fingerprint density at radius 2 is 1.63 bits per heavy atom. The number of rotatable bonds is 22. The Balaban J connectivity index is 0.880. The van der Waals surface area contributed by atoms with Gasteiger partial charge in [0.25, 0.3) is 11.8 Å². The van der Waals surface area contributed by atoms with Crippen molar-refractivity contribution in [2.75, 3.05) is 61.1 Å². The van der Waals surface area contributed by atoms with Gasteiger partial charge in [-0.05, 0) is 84.3 Å². The zero-order chi connectivity index (χ0) is 44.2. The number of nitrogens with one attached hydrogen (secondary N) is 5. The molecular formula is C46H49N11O5S. The molecule has 3 amide bonds. The highest BCUT2D eigenvalue weighted by Gasteiger charge is 2.16. The number of para-hydroxylation sites is 2. The molecule has 4 aromatic carbocycles. The zero-order valence-corrected chi connectivity index (χ0v) is 35.7. The summed E-state index contributed by atoms with van der Waals surface area (Å²) < 4.78 is 13.5. The summed E-state index contributed by atoms with van der Waals surface area (Å²) in [4.78, 5) is 46.1. The Morgan fingerprint density at radius 1 is 0.873 bits per heavy atom. The van der Waals surface area contributed by atoms with Gasteiger partial charge >= 0.3 is 0 Å². The van der Waals surface area contributed by atoms with Crippen LogP contribution < -0.4 is 37.1 Å². The molecule has 6 rings (SSSR count). The monoisotopic (exact) mass is 867 g/mol. The standard InChI is InChI=1S/C46H49N11O5S/c1-3-29-63-46-53-43(50-24-23-47)42-44(54-46)57(56-55-42)31-34-11-9-32(10-12-34)15-22-41(59)49-26-28-61-27-25-48-36-18-20-37(21-19-36)62-39-8-6-5-7-38(39)52-45(60)35-16-13-33(14-17-35)30-51-40(58)4-2/h4-14,16-21,48H,2-3,23-31,47H2,1H3,(H,49,59)(H,51,58)(H,52,60)(H,50,53,54). The van der Waals surface area contributed by atoms with E-state index in [1.807, 2.05) is 60.7 Å². The number of ether oxygens (including phenoxy) is 2. The summed E-state index contributed by atoms with van der Waals surface area (Å²) in [7, 11) is 0. The van der Waals surface area contributed by atoms with Gasteiger partial charge in [0.1, 0.15) is 5.75 Å². The number of hydrogen-bond acceptors (Lipinski definition) is 13. The van der Waals surface area contributed by atoms with Gasteiger partial charge in [0.05, 0.1) is 25.4 Å². The van der Waals surface area contributed by atoms with E-state index in [4.69, 9.17) is 20.2 Å². The van der Waals surface area contributed by atoms with Crippen LogP contribution in [0.1, 0.15) is 40.4 Å². The first kappa shape index (κ1) is 45.3. The van der Waals surface area contributed by atoms with Crippen molar-refractivity contribution in [2.45, 2.75) is 31.6 Å². The predicted octanol–water partition coefficient (Wildman–Crippen LogP) is 5.59. The number of fused-ring (bicyclic) bond motifs is 1. The predicted molar refractivity (Wildman–Crippen MR) is 246 cm³/mol. The van der Waals surface area contributed by atoms with Crippen molar-refractivity contribution < 1.29 is 23.9 Å². The minimum Gasteiger partial charge on any atom is -0.455 e. The van der Waals surface area contributed by atoms with Gasteiger partial charge in [-0.25, -0.2) is 14.6 Å². The topological polar surface area (TPSA) is 212 Å². The first-order valence-corrected chi connectivity index (χ1v) is 21.4. The molecule has 16 nitrogen and oxygen atoms in total. The quantitative estimate of drug-likeness (QED) is 0.0162. The molecule has 63 heavy (non-hydrogen) atoms. The van der Waals surface area contributed by atoms with E-state index in [0.717, 1.165) is 29.0 Å². The van der Waals surface area contributed by atoms with Crippen molar-refractivity contribution in [3.05, 3.63) is 132 Å². The van der Waals surface area contributed by atoms with E-state index in [-0.39, 0.29) is 11.8 Å². The molecule has 0 atom stereocenters. The van der Waals surface area contributed by atoms with Gasteiger partial charge in [-0.15, -0.1) is 5.10 Å². The van der Waals surface area contributed by atoms with E-state index in [1.54, 1.807) is 52.8 Å². The highest BCUT2D eigenvalue weighted by atomic mass is 32.2. The number of thioether (sulfide) groups is 1. The smallest absolute Gasteiger partial charge is 0.296 e. The van der Waals surface area contributed by atoms with Crippen LogP contribution in [0.4, 0.5) is 17.2 Å². The number of nitrogens with zero attached hydrogens (tertiary/aromatic N) is 5. The number of benzene rings is 4. The summed E-state index contributed by atoms with van der Waals surface area (Å²) in [6, 6.07) is 29.2. The maximum absolute atomic E-state index is 13.0. The van der Waals surface area contributed by atoms with Crippen LogP contribution in [-0.2, 0) is 27.4 Å². The summed E-state index contributed by atoms with van der Waals surface area (Å²) in [5, 5.41) is 24.2. The minimum atomic E-state index is -0.392. The lowest BCUT2D eigenvalue weighted by Gasteiger charge is -2.13. The van der Waals surface area contributed by atoms with E-state index in [0.29, 0.717) is 103 Å². The molecule has 324 valence electrons. The average molecular weight is 868 g/mol. The molecule has 0 unspecified atom stereocenters. The van der Waals surface area contributed by atoms with Crippen molar-refractivity contribution in [3.8, 4) is 23.3 Å². The maximum atomic E-state index is 13.0. The highest BCUT2D eigenvalue weighted by Crippen LogP contribution is 2.30. The Morgan fingerprint density at radius 3 is 2.40 bits per heavy atom. The number of hydrogen-bond donors (Lipinski definition) is 6. The molecule has 17 heteroatoms. The van der Waals surface area contributed by atoms with Crippen LogP contribution in [0.3, 0.4) is 0 Å².